The summed E-state index contributed by atoms with van der Waals surface area (Å²) in [5.74, 6) is 0.764. The van der Waals surface area contributed by atoms with E-state index in [-0.39, 0.29) is 22.2 Å². The number of rotatable bonds is 6. The lowest BCUT2D eigenvalue weighted by molar-refractivity contribution is -0.0328. The van der Waals surface area contributed by atoms with Crippen LogP contribution in [0.15, 0.2) is 72.0 Å². The number of nitrogens with one attached hydrogen (secondary N) is 1. The van der Waals surface area contributed by atoms with Crippen molar-refractivity contribution >= 4 is 29.0 Å². The van der Waals surface area contributed by atoms with Gasteiger partial charge in [0, 0.05) is 53.5 Å². The molecular formula is C23H24F3N5S. The molecule has 0 bridgehead atoms. The average Bonchev–Trinajstić information content (AvgIpc) is 3.02. The van der Waals surface area contributed by atoms with Crippen LogP contribution >= 0.6 is 11.8 Å². The topological polar surface area (TPSA) is 44.3 Å². The molecule has 9 heteroatoms. The average molecular weight is 460 g/mol. The summed E-state index contributed by atoms with van der Waals surface area (Å²) in [6, 6.07) is 14.4. The van der Waals surface area contributed by atoms with Gasteiger partial charge in [-0.2, -0.15) is 13.2 Å². The van der Waals surface area contributed by atoms with Crippen molar-refractivity contribution in [2.24, 2.45) is 0 Å². The number of pyridine rings is 2. The van der Waals surface area contributed by atoms with Gasteiger partial charge in [-0.25, -0.2) is 4.98 Å². The van der Waals surface area contributed by atoms with Crippen molar-refractivity contribution in [3.05, 3.63) is 72.7 Å². The van der Waals surface area contributed by atoms with Crippen molar-refractivity contribution in [3.8, 4) is 0 Å². The number of hydrogen-bond donors (Lipinski definition) is 1. The Bertz CT molecular complexity index is 1040. The van der Waals surface area contributed by atoms with Gasteiger partial charge in [0.15, 0.2) is 0 Å². The van der Waals surface area contributed by atoms with Gasteiger partial charge in [0.05, 0.1) is 6.67 Å². The molecule has 0 radical (unpaired) electrons. The third kappa shape index (κ3) is 5.72. The van der Waals surface area contributed by atoms with E-state index in [0.29, 0.717) is 6.67 Å². The summed E-state index contributed by atoms with van der Waals surface area (Å²) >= 11 is -0.0883. The van der Waals surface area contributed by atoms with Gasteiger partial charge in [0.1, 0.15) is 5.82 Å². The van der Waals surface area contributed by atoms with Gasteiger partial charge in [-0.05, 0) is 79.7 Å². The lowest BCUT2D eigenvalue weighted by Crippen LogP contribution is -2.39. The molecule has 0 atom stereocenters. The van der Waals surface area contributed by atoms with Gasteiger partial charge in [0.25, 0.3) is 0 Å². The van der Waals surface area contributed by atoms with Crippen LogP contribution in [-0.4, -0.2) is 39.1 Å². The Morgan fingerprint density at radius 1 is 1.03 bits per heavy atom. The fourth-order valence-corrected chi connectivity index (χ4v) is 4.29. The summed E-state index contributed by atoms with van der Waals surface area (Å²) in [4.78, 5) is 13.2. The van der Waals surface area contributed by atoms with E-state index in [9.17, 15) is 13.2 Å². The van der Waals surface area contributed by atoms with Crippen molar-refractivity contribution in [2.45, 2.75) is 36.3 Å². The third-order valence-electron chi connectivity index (χ3n) is 5.36. The second kappa shape index (κ2) is 8.99. The van der Waals surface area contributed by atoms with E-state index in [1.54, 1.807) is 30.7 Å². The van der Waals surface area contributed by atoms with Crippen LogP contribution in [0.5, 0.6) is 0 Å². The van der Waals surface area contributed by atoms with E-state index in [4.69, 9.17) is 0 Å². The zero-order chi connectivity index (χ0) is 22.8. The van der Waals surface area contributed by atoms with Crippen LogP contribution in [-0.2, 0) is 6.54 Å². The molecule has 1 aromatic carbocycles. The summed E-state index contributed by atoms with van der Waals surface area (Å²) in [7, 11) is 0. The standard InChI is InChI=1S/C23H24F3N5S/c1-22(2)15-30(19-3-5-20(6-4-19)32-23(24,25)26)16-31(22)14-17-7-12-28-21(13-17)29-18-8-10-27-11-9-18/h3-13H,14-16H2,1-2H3,(H,27,28,29). The minimum Gasteiger partial charge on any atom is -0.357 e. The van der Waals surface area contributed by atoms with E-state index in [0.717, 1.165) is 35.8 Å². The zero-order valence-electron chi connectivity index (χ0n) is 17.8. The molecule has 0 saturated carbocycles. The number of anilines is 3. The maximum absolute atomic E-state index is 12.6. The quantitative estimate of drug-likeness (QED) is 0.464. The highest BCUT2D eigenvalue weighted by atomic mass is 32.2. The number of thioether (sulfide) groups is 1. The van der Waals surface area contributed by atoms with Gasteiger partial charge >= 0.3 is 5.51 Å². The van der Waals surface area contributed by atoms with Crippen LogP contribution in [0.4, 0.5) is 30.4 Å². The SMILES string of the molecule is CC1(C)CN(c2ccc(SC(F)(F)F)cc2)CN1Cc1ccnc(Nc2ccncc2)c1. The van der Waals surface area contributed by atoms with E-state index in [2.05, 4.69) is 38.9 Å². The molecule has 32 heavy (non-hydrogen) atoms. The van der Waals surface area contributed by atoms with E-state index in [1.807, 2.05) is 24.3 Å². The van der Waals surface area contributed by atoms with Crippen LogP contribution < -0.4 is 10.2 Å². The van der Waals surface area contributed by atoms with Crippen molar-refractivity contribution in [2.75, 3.05) is 23.4 Å². The van der Waals surface area contributed by atoms with Crippen molar-refractivity contribution in [3.63, 3.8) is 0 Å². The zero-order valence-corrected chi connectivity index (χ0v) is 18.6. The number of benzene rings is 1. The van der Waals surface area contributed by atoms with Crippen LogP contribution in [0.1, 0.15) is 19.4 Å². The molecule has 3 aromatic rings. The fourth-order valence-electron chi connectivity index (χ4n) is 3.75. The highest BCUT2D eigenvalue weighted by Crippen LogP contribution is 2.38. The third-order valence-corrected chi connectivity index (χ3v) is 6.10. The molecule has 0 spiro atoms. The number of aromatic nitrogens is 2. The molecule has 3 heterocycles. The lowest BCUT2D eigenvalue weighted by Gasteiger charge is -2.29. The van der Waals surface area contributed by atoms with Gasteiger partial charge in [-0.1, -0.05) is 0 Å². The second-order valence-corrected chi connectivity index (χ2v) is 9.44. The second-order valence-electron chi connectivity index (χ2n) is 8.30. The smallest absolute Gasteiger partial charge is 0.357 e. The Morgan fingerprint density at radius 3 is 2.44 bits per heavy atom. The highest BCUT2D eigenvalue weighted by Gasteiger charge is 2.37. The van der Waals surface area contributed by atoms with E-state index >= 15 is 0 Å². The number of alkyl halides is 3. The number of hydrogen-bond acceptors (Lipinski definition) is 6. The normalized spacial score (nSPS) is 16.3. The van der Waals surface area contributed by atoms with Crippen LogP contribution in [0.25, 0.3) is 0 Å². The summed E-state index contributed by atoms with van der Waals surface area (Å²) < 4.78 is 37.8. The minimum absolute atomic E-state index is 0.0883. The van der Waals surface area contributed by atoms with Crippen molar-refractivity contribution < 1.29 is 13.2 Å². The van der Waals surface area contributed by atoms with Crippen LogP contribution in [0.3, 0.4) is 0 Å². The predicted octanol–water partition coefficient (Wildman–Crippen LogP) is 5.89. The van der Waals surface area contributed by atoms with Crippen LogP contribution in [0.2, 0.25) is 0 Å². The first kappa shape index (κ1) is 22.4. The summed E-state index contributed by atoms with van der Waals surface area (Å²) in [5.41, 5.74) is -1.40. The van der Waals surface area contributed by atoms with E-state index < -0.39 is 5.51 Å². The lowest BCUT2D eigenvalue weighted by atomic mass is 10.0. The summed E-state index contributed by atoms with van der Waals surface area (Å²) in [6.45, 7) is 6.57. The molecule has 1 aliphatic rings. The maximum atomic E-state index is 12.6. The van der Waals surface area contributed by atoms with Crippen LogP contribution in [0, 0.1) is 0 Å². The van der Waals surface area contributed by atoms with Gasteiger partial charge in [-0.15, -0.1) is 0 Å². The first-order chi connectivity index (χ1) is 15.2. The molecule has 1 saturated heterocycles. The van der Waals surface area contributed by atoms with Crippen molar-refractivity contribution in [1.82, 2.24) is 14.9 Å². The summed E-state index contributed by atoms with van der Waals surface area (Å²) in [6.07, 6.45) is 5.24. The molecule has 0 aliphatic carbocycles. The Balaban J connectivity index is 1.43. The van der Waals surface area contributed by atoms with Crippen molar-refractivity contribution in [1.29, 1.82) is 0 Å². The van der Waals surface area contributed by atoms with Gasteiger partial charge in [-0.3, -0.25) is 9.88 Å². The fraction of sp³-hybridized carbons (Fsp3) is 0.304. The molecule has 0 amide bonds. The first-order valence-electron chi connectivity index (χ1n) is 10.2. The van der Waals surface area contributed by atoms with Gasteiger partial charge in [0.2, 0.25) is 0 Å². The molecule has 4 rings (SSSR count). The molecule has 1 aliphatic heterocycles. The van der Waals surface area contributed by atoms with E-state index in [1.165, 1.54) is 12.1 Å². The molecule has 2 aromatic heterocycles. The minimum atomic E-state index is -4.27. The predicted molar refractivity (Wildman–Crippen MR) is 122 cm³/mol. The Labute approximate surface area is 189 Å². The summed E-state index contributed by atoms with van der Waals surface area (Å²) in [5, 5.41) is 3.28. The van der Waals surface area contributed by atoms with Gasteiger partial charge < -0.3 is 10.2 Å². The molecule has 5 nitrogen and oxygen atoms in total. The number of nitrogens with zero attached hydrogens (tertiary/aromatic N) is 4. The molecule has 0 unspecified atom stereocenters. The largest absolute Gasteiger partial charge is 0.446 e. The maximum Gasteiger partial charge on any atom is 0.446 e. The molecule has 1 N–H and O–H groups in total. The Morgan fingerprint density at radius 2 is 1.75 bits per heavy atom. The molecule has 168 valence electrons. The molecule has 1 fully saturated rings. The number of halogens is 3. The Hall–Kier alpha value is -2.78. The molecular weight excluding hydrogens is 435 g/mol. The Kier molecular flexibility index (Phi) is 6.30. The first-order valence-corrected chi connectivity index (χ1v) is 11.0. The monoisotopic (exact) mass is 459 g/mol. The highest BCUT2D eigenvalue weighted by molar-refractivity contribution is 8.00.